The second-order valence-electron chi connectivity index (χ2n) is 6.16. The topological polar surface area (TPSA) is 73.3 Å². The van der Waals surface area contributed by atoms with Crippen molar-refractivity contribution < 1.29 is 27.4 Å². The monoisotopic (exact) mass is 381 g/mol. The van der Waals surface area contributed by atoms with Gasteiger partial charge in [-0.05, 0) is 37.8 Å². The maximum absolute atomic E-state index is 13.7. The number of aromatic nitrogens is 2. The van der Waals surface area contributed by atoms with Gasteiger partial charge in [-0.3, -0.25) is 4.79 Å². The summed E-state index contributed by atoms with van der Waals surface area (Å²) in [7, 11) is 1.47. The van der Waals surface area contributed by atoms with Crippen molar-refractivity contribution >= 4 is 5.91 Å². The maximum Gasteiger partial charge on any atom is 0.278 e. The van der Waals surface area contributed by atoms with Crippen molar-refractivity contribution in [1.82, 2.24) is 15.3 Å². The summed E-state index contributed by atoms with van der Waals surface area (Å²) in [6.45, 7) is 0. The van der Waals surface area contributed by atoms with E-state index in [0.29, 0.717) is 37.4 Å². The highest BCUT2D eigenvalue weighted by Gasteiger charge is 2.27. The van der Waals surface area contributed by atoms with E-state index in [1.54, 1.807) is 0 Å². The second kappa shape index (κ2) is 8.24. The Morgan fingerprint density at radius 2 is 1.70 bits per heavy atom. The third kappa shape index (κ3) is 4.29. The van der Waals surface area contributed by atoms with E-state index in [0.717, 1.165) is 12.1 Å². The second-order valence-corrected chi connectivity index (χ2v) is 6.16. The molecule has 0 aliphatic heterocycles. The Labute approximate surface area is 153 Å². The fraction of sp³-hybridized carbons (Fsp3) is 0.389. The average molecular weight is 381 g/mol. The minimum absolute atomic E-state index is 0.122. The Morgan fingerprint density at radius 3 is 2.37 bits per heavy atom. The molecule has 2 aromatic rings. The molecule has 144 valence electrons. The number of methoxy groups -OCH3 is 1. The molecule has 0 atom stereocenters. The smallest absolute Gasteiger partial charge is 0.278 e. The molecule has 0 unspecified atom stereocenters. The molecular weight excluding hydrogens is 363 g/mol. The summed E-state index contributed by atoms with van der Waals surface area (Å²) < 4.78 is 50.9. The van der Waals surface area contributed by atoms with Gasteiger partial charge in [-0.15, -0.1) is 0 Å². The van der Waals surface area contributed by atoms with Crippen molar-refractivity contribution in [2.75, 3.05) is 7.11 Å². The van der Waals surface area contributed by atoms with Gasteiger partial charge in [-0.2, -0.15) is 0 Å². The lowest BCUT2D eigenvalue weighted by molar-refractivity contribution is 0.0881. The Balaban J connectivity index is 1.55. The van der Waals surface area contributed by atoms with E-state index >= 15 is 0 Å². The van der Waals surface area contributed by atoms with Crippen molar-refractivity contribution in [2.24, 2.45) is 0 Å². The van der Waals surface area contributed by atoms with Gasteiger partial charge >= 0.3 is 0 Å². The maximum atomic E-state index is 13.7. The van der Waals surface area contributed by atoms with Gasteiger partial charge in [0.2, 0.25) is 0 Å². The Kier molecular flexibility index (Phi) is 5.78. The highest BCUT2D eigenvalue weighted by molar-refractivity contribution is 5.94. The zero-order valence-corrected chi connectivity index (χ0v) is 14.5. The predicted octanol–water partition coefficient (Wildman–Crippen LogP) is 3.02. The Bertz CT molecular complexity index is 827. The zero-order chi connectivity index (χ0) is 19.4. The molecule has 1 fully saturated rings. The molecule has 1 aliphatic rings. The number of ether oxygens (including phenoxy) is 2. The van der Waals surface area contributed by atoms with Crippen LogP contribution in [0.25, 0.3) is 0 Å². The molecular formula is C18H18F3N3O3. The van der Waals surface area contributed by atoms with Gasteiger partial charge in [0.1, 0.15) is 6.10 Å². The molecule has 0 spiro atoms. The lowest BCUT2D eigenvalue weighted by atomic mass is 9.92. The minimum Gasteiger partial charge on any atom is -0.477 e. The molecule has 0 radical (unpaired) electrons. The van der Waals surface area contributed by atoms with E-state index in [9.17, 15) is 18.0 Å². The van der Waals surface area contributed by atoms with Crippen LogP contribution in [0.2, 0.25) is 0 Å². The van der Waals surface area contributed by atoms with E-state index in [-0.39, 0.29) is 12.1 Å². The highest BCUT2D eigenvalue weighted by Crippen LogP contribution is 2.27. The number of carbonyl (C=O) groups is 1. The summed E-state index contributed by atoms with van der Waals surface area (Å²) in [5, 5.41) is 2.65. The Morgan fingerprint density at radius 1 is 1.04 bits per heavy atom. The number of carbonyl (C=O) groups excluding carboxylic acids is 1. The third-order valence-electron chi connectivity index (χ3n) is 4.39. The van der Waals surface area contributed by atoms with Crippen LogP contribution in [0, 0.1) is 17.5 Å². The standard InChI is InChI=1S/C18H18F3N3O3/c1-26-17-18(23-9-8-22-17)27-11-4-2-10(3-5-11)24-16(25)12-6-7-13(19)15(21)14(12)20/h6-11H,2-5H2,1H3,(H,24,25). The summed E-state index contributed by atoms with van der Waals surface area (Å²) in [5.74, 6) is -4.65. The molecule has 0 bridgehead atoms. The summed E-state index contributed by atoms with van der Waals surface area (Å²) >= 11 is 0. The fourth-order valence-corrected chi connectivity index (χ4v) is 2.98. The molecule has 0 saturated heterocycles. The summed E-state index contributed by atoms with van der Waals surface area (Å²) in [6, 6.07) is 1.44. The van der Waals surface area contributed by atoms with Gasteiger partial charge in [-0.25, -0.2) is 23.1 Å². The summed E-state index contributed by atoms with van der Waals surface area (Å²) in [4.78, 5) is 20.2. The first kappa shape index (κ1) is 18.9. The van der Waals surface area contributed by atoms with E-state index in [4.69, 9.17) is 9.47 Å². The first-order chi connectivity index (χ1) is 13.0. The van der Waals surface area contributed by atoms with Crippen LogP contribution in [0.3, 0.4) is 0 Å². The van der Waals surface area contributed by atoms with Crippen molar-refractivity contribution in [2.45, 2.75) is 37.8 Å². The van der Waals surface area contributed by atoms with Crippen LogP contribution in [-0.2, 0) is 0 Å². The average Bonchev–Trinajstić information content (AvgIpc) is 2.68. The van der Waals surface area contributed by atoms with E-state index in [1.165, 1.54) is 19.5 Å². The lowest BCUT2D eigenvalue weighted by Gasteiger charge is -2.29. The SMILES string of the molecule is COc1nccnc1OC1CCC(NC(=O)c2ccc(F)c(F)c2F)CC1. The van der Waals surface area contributed by atoms with E-state index in [1.807, 2.05) is 0 Å². The van der Waals surface area contributed by atoms with E-state index in [2.05, 4.69) is 15.3 Å². The van der Waals surface area contributed by atoms with Crippen LogP contribution in [0.1, 0.15) is 36.0 Å². The number of rotatable bonds is 5. The first-order valence-electron chi connectivity index (χ1n) is 8.45. The number of nitrogens with one attached hydrogen (secondary N) is 1. The highest BCUT2D eigenvalue weighted by atomic mass is 19.2. The van der Waals surface area contributed by atoms with Crippen LogP contribution in [0.5, 0.6) is 11.8 Å². The predicted molar refractivity (Wildman–Crippen MR) is 89.0 cm³/mol. The number of amides is 1. The molecule has 1 saturated carbocycles. The van der Waals surface area contributed by atoms with Gasteiger partial charge < -0.3 is 14.8 Å². The van der Waals surface area contributed by atoms with Gasteiger partial charge in [-0.1, -0.05) is 0 Å². The molecule has 1 aromatic carbocycles. The normalized spacial score (nSPS) is 19.4. The van der Waals surface area contributed by atoms with Crippen LogP contribution >= 0.6 is 0 Å². The fourth-order valence-electron chi connectivity index (χ4n) is 2.98. The molecule has 1 aromatic heterocycles. The van der Waals surface area contributed by atoms with Crippen LogP contribution in [0.15, 0.2) is 24.5 Å². The zero-order valence-electron chi connectivity index (χ0n) is 14.5. The molecule has 6 nitrogen and oxygen atoms in total. The molecule has 27 heavy (non-hydrogen) atoms. The van der Waals surface area contributed by atoms with Crippen molar-refractivity contribution in [3.8, 4) is 11.8 Å². The first-order valence-corrected chi connectivity index (χ1v) is 8.45. The van der Waals surface area contributed by atoms with Crippen molar-refractivity contribution in [1.29, 1.82) is 0 Å². The number of benzene rings is 1. The number of nitrogens with zero attached hydrogens (tertiary/aromatic N) is 2. The Hall–Kier alpha value is -2.84. The summed E-state index contributed by atoms with van der Waals surface area (Å²) in [5.41, 5.74) is -0.517. The summed E-state index contributed by atoms with van der Waals surface area (Å²) in [6.07, 6.45) is 5.31. The van der Waals surface area contributed by atoms with Crippen molar-refractivity contribution in [3.63, 3.8) is 0 Å². The van der Waals surface area contributed by atoms with Crippen molar-refractivity contribution in [3.05, 3.63) is 47.5 Å². The molecule has 1 heterocycles. The van der Waals surface area contributed by atoms with E-state index < -0.39 is 28.9 Å². The number of hydrogen-bond acceptors (Lipinski definition) is 5. The quantitative estimate of drug-likeness (QED) is 0.806. The molecule has 1 N–H and O–H groups in total. The van der Waals surface area contributed by atoms with Gasteiger partial charge in [0.15, 0.2) is 17.5 Å². The van der Waals surface area contributed by atoms with Gasteiger partial charge in [0, 0.05) is 18.4 Å². The van der Waals surface area contributed by atoms with Gasteiger partial charge in [0.05, 0.1) is 12.7 Å². The largest absolute Gasteiger partial charge is 0.477 e. The molecule has 1 aliphatic carbocycles. The molecule has 3 rings (SSSR count). The van der Waals surface area contributed by atoms with Crippen LogP contribution in [-0.4, -0.2) is 35.1 Å². The number of halogens is 3. The molecule has 1 amide bonds. The molecule has 9 heteroatoms. The van der Waals surface area contributed by atoms with Crippen LogP contribution < -0.4 is 14.8 Å². The minimum atomic E-state index is -1.65. The number of hydrogen-bond donors (Lipinski definition) is 1. The lowest BCUT2D eigenvalue weighted by Crippen LogP contribution is -2.40. The van der Waals surface area contributed by atoms with Crippen LogP contribution in [0.4, 0.5) is 13.2 Å². The van der Waals surface area contributed by atoms with Gasteiger partial charge in [0.25, 0.3) is 17.7 Å². The third-order valence-corrected chi connectivity index (χ3v) is 4.39.